The largest absolute Gasteiger partial charge is 0.372 e. The van der Waals surface area contributed by atoms with Gasteiger partial charge in [0.1, 0.15) is 0 Å². The Balaban J connectivity index is 1.74. The number of hydrogen-bond donors (Lipinski definition) is 0. The van der Waals surface area contributed by atoms with Gasteiger partial charge in [0, 0.05) is 12.6 Å². The maximum atomic E-state index is 5.25. The summed E-state index contributed by atoms with van der Waals surface area (Å²) in [5.74, 6) is 2.71. The van der Waals surface area contributed by atoms with Crippen molar-refractivity contribution < 1.29 is 4.74 Å². The maximum Gasteiger partial charge on any atom is 0.0936 e. The number of epoxide rings is 1. The van der Waals surface area contributed by atoms with E-state index in [2.05, 4.69) is 23.7 Å². The zero-order valence-corrected chi connectivity index (χ0v) is 9.18. The summed E-state index contributed by atoms with van der Waals surface area (Å²) < 4.78 is 5.25. The van der Waals surface area contributed by atoms with E-state index in [-0.39, 0.29) is 0 Å². The van der Waals surface area contributed by atoms with E-state index in [4.69, 9.17) is 4.74 Å². The van der Waals surface area contributed by atoms with Crippen molar-refractivity contribution in [1.29, 1.82) is 0 Å². The smallest absolute Gasteiger partial charge is 0.0936 e. The quantitative estimate of drug-likeness (QED) is 0.645. The van der Waals surface area contributed by atoms with Crippen LogP contribution >= 0.6 is 11.8 Å². The molecule has 2 unspecified atom stereocenters. The zero-order valence-electron chi connectivity index (χ0n) is 8.37. The lowest BCUT2D eigenvalue weighted by Crippen LogP contribution is -2.34. The van der Waals surface area contributed by atoms with Crippen molar-refractivity contribution in [3.05, 3.63) is 0 Å². The molecule has 2 aliphatic heterocycles. The average Bonchev–Trinajstić information content (AvgIpc) is 2.87. The van der Waals surface area contributed by atoms with E-state index in [0.717, 1.165) is 19.2 Å². The van der Waals surface area contributed by atoms with Gasteiger partial charge in [0.2, 0.25) is 0 Å². The Hall–Kier alpha value is 0.270. The van der Waals surface area contributed by atoms with Crippen LogP contribution in [0, 0.1) is 0 Å². The van der Waals surface area contributed by atoms with Crippen LogP contribution in [0.15, 0.2) is 0 Å². The Morgan fingerprint density at radius 1 is 1.38 bits per heavy atom. The fraction of sp³-hybridized carbons (Fsp3) is 1.00. The van der Waals surface area contributed by atoms with Crippen LogP contribution in [0.1, 0.15) is 19.3 Å². The number of ether oxygens (including phenoxy) is 1. The summed E-state index contributed by atoms with van der Waals surface area (Å²) in [6.07, 6.45) is 4.70. The van der Waals surface area contributed by atoms with Crippen LogP contribution in [-0.4, -0.2) is 48.8 Å². The predicted octanol–water partition coefficient (Wildman–Crippen LogP) is 1.60. The lowest BCUT2D eigenvalue weighted by molar-refractivity contribution is 0.205. The molecule has 0 aliphatic carbocycles. The molecule has 0 spiro atoms. The van der Waals surface area contributed by atoms with Crippen molar-refractivity contribution >= 4 is 11.8 Å². The molecule has 2 fully saturated rings. The Bertz CT molecular complexity index is 153. The summed E-state index contributed by atoms with van der Waals surface area (Å²) in [6, 6.07) is 0.819. The van der Waals surface area contributed by atoms with Crippen LogP contribution in [0.5, 0.6) is 0 Å². The molecule has 2 rings (SSSR count). The summed E-state index contributed by atoms with van der Waals surface area (Å²) >= 11 is 2.11. The number of hydrogen-bond acceptors (Lipinski definition) is 3. The average molecular weight is 201 g/mol. The summed E-state index contributed by atoms with van der Waals surface area (Å²) in [5, 5.41) is 0. The van der Waals surface area contributed by atoms with E-state index in [1.807, 2.05) is 0 Å². The standard InChI is InChI=1S/C10H19NOS/c1-11(7-10-8-12-10)9-3-2-5-13-6-4-9/h9-10H,2-8H2,1H3. The van der Waals surface area contributed by atoms with Gasteiger partial charge in [-0.25, -0.2) is 0 Å². The highest BCUT2D eigenvalue weighted by molar-refractivity contribution is 7.99. The Kier molecular flexibility index (Phi) is 3.52. The minimum atomic E-state index is 0.556. The summed E-state index contributed by atoms with van der Waals surface area (Å²) in [6.45, 7) is 2.14. The van der Waals surface area contributed by atoms with Crippen LogP contribution in [0.25, 0.3) is 0 Å². The van der Waals surface area contributed by atoms with Gasteiger partial charge < -0.3 is 9.64 Å². The van der Waals surface area contributed by atoms with E-state index < -0.39 is 0 Å². The van der Waals surface area contributed by atoms with Gasteiger partial charge in [0.15, 0.2) is 0 Å². The fourth-order valence-corrected chi connectivity index (χ4v) is 2.98. The molecule has 0 bridgehead atoms. The molecule has 2 atom stereocenters. The molecular formula is C10H19NOS. The molecule has 0 saturated carbocycles. The molecule has 0 aromatic carbocycles. The molecule has 2 nitrogen and oxygen atoms in total. The first-order valence-corrected chi connectivity index (χ1v) is 6.41. The second-order valence-electron chi connectivity index (χ2n) is 4.09. The molecule has 76 valence electrons. The van der Waals surface area contributed by atoms with Gasteiger partial charge in [-0.15, -0.1) is 0 Å². The SMILES string of the molecule is CN(CC1CO1)C1CCCSCC1. The van der Waals surface area contributed by atoms with E-state index in [0.29, 0.717) is 6.10 Å². The van der Waals surface area contributed by atoms with Crippen molar-refractivity contribution in [2.45, 2.75) is 31.4 Å². The second kappa shape index (κ2) is 4.67. The zero-order chi connectivity index (χ0) is 9.10. The third-order valence-corrected chi connectivity index (χ3v) is 4.04. The molecule has 0 aromatic heterocycles. The van der Waals surface area contributed by atoms with Gasteiger partial charge in [0.05, 0.1) is 12.7 Å². The second-order valence-corrected chi connectivity index (χ2v) is 5.32. The van der Waals surface area contributed by atoms with Crippen molar-refractivity contribution in [2.24, 2.45) is 0 Å². The van der Waals surface area contributed by atoms with Gasteiger partial charge in [0.25, 0.3) is 0 Å². The van der Waals surface area contributed by atoms with Gasteiger partial charge in [-0.3, -0.25) is 0 Å². The number of likely N-dealkylation sites (N-methyl/N-ethyl adjacent to an activating group) is 1. The highest BCUT2D eigenvalue weighted by Crippen LogP contribution is 2.22. The lowest BCUT2D eigenvalue weighted by atomic mass is 10.1. The van der Waals surface area contributed by atoms with Crippen LogP contribution in [-0.2, 0) is 4.74 Å². The molecule has 0 aromatic rings. The number of nitrogens with zero attached hydrogens (tertiary/aromatic N) is 1. The third-order valence-electron chi connectivity index (χ3n) is 2.94. The van der Waals surface area contributed by atoms with Crippen molar-refractivity contribution in [1.82, 2.24) is 4.90 Å². The van der Waals surface area contributed by atoms with Crippen molar-refractivity contribution in [3.8, 4) is 0 Å². The molecule has 0 amide bonds. The molecule has 13 heavy (non-hydrogen) atoms. The molecule has 0 radical (unpaired) electrons. The van der Waals surface area contributed by atoms with Crippen LogP contribution in [0.3, 0.4) is 0 Å². The molecule has 3 heteroatoms. The molecule has 2 saturated heterocycles. The Morgan fingerprint density at radius 3 is 3.00 bits per heavy atom. The molecule has 2 aliphatic rings. The first kappa shape index (κ1) is 9.81. The van der Waals surface area contributed by atoms with Crippen LogP contribution < -0.4 is 0 Å². The summed E-state index contributed by atoms with van der Waals surface area (Å²) in [7, 11) is 2.25. The van der Waals surface area contributed by atoms with E-state index in [1.165, 1.54) is 30.8 Å². The molecular weight excluding hydrogens is 182 g/mol. The molecule has 2 heterocycles. The van der Waals surface area contributed by atoms with Gasteiger partial charge in [-0.05, 0) is 37.8 Å². The van der Waals surface area contributed by atoms with Crippen LogP contribution in [0.2, 0.25) is 0 Å². The lowest BCUT2D eigenvalue weighted by Gasteiger charge is -2.25. The topological polar surface area (TPSA) is 15.8 Å². The van der Waals surface area contributed by atoms with Gasteiger partial charge >= 0.3 is 0 Å². The predicted molar refractivity (Wildman–Crippen MR) is 57.3 cm³/mol. The molecule has 0 N–H and O–H groups in total. The minimum Gasteiger partial charge on any atom is -0.372 e. The van der Waals surface area contributed by atoms with Crippen molar-refractivity contribution in [2.75, 3.05) is 31.7 Å². The maximum absolute atomic E-state index is 5.25. The normalized spacial score (nSPS) is 34.6. The highest BCUT2D eigenvalue weighted by Gasteiger charge is 2.27. The van der Waals surface area contributed by atoms with Gasteiger partial charge in [-0.2, -0.15) is 11.8 Å². The Labute approximate surface area is 85.0 Å². The Morgan fingerprint density at radius 2 is 2.23 bits per heavy atom. The fourth-order valence-electron chi connectivity index (χ4n) is 1.97. The van der Waals surface area contributed by atoms with Crippen molar-refractivity contribution in [3.63, 3.8) is 0 Å². The van der Waals surface area contributed by atoms with E-state index >= 15 is 0 Å². The number of rotatable bonds is 3. The summed E-state index contributed by atoms with van der Waals surface area (Å²) in [5.41, 5.74) is 0. The monoisotopic (exact) mass is 201 g/mol. The van der Waals surface area contributed by atoms with Gasteiger partial charge in [-0.1, -0.05) is 0 Å². The first-order valence-electron chi connectivity index (χ1n) is 5.26. The minimum absolute atomic E-state index is 0.556. The number of thioether (sulfide) groups is 1. The van der Waals surface area contributed by atoms with E-state index in [1.54, 1.807) is 0 Å². The van der Waals surface area contributed by atoms with E-state index in [9.17, 15) is 0 Å². The highest BCUT2D eigenvalue weighted by atomic mass is 32.2. The van der Waals surface area contributed by atoms with Crippen LogP contribution in [0.4, 0.5) is 0 Å². The first-order chi connectivity index (χ1) is 6.36. The summed E-state index contributed by atoms with van der Waals surface area (Å²) in [4.78, 5) is 2.50. The third kappa shape index (κ3) is 3.15.